The second-order valence-corrected chi connectivity index (χ2v) is 5.35. The summed E-state index contributed by atoms with van der Waals surface area (Å²) < 4.78 is 0. The molecule has 0 bridgehead atoms. The van der Waals surface area contributed by atoms with Gasteiger partial charge in [0.25, 0.3) is 0 Å². The third-order valence-corrected chi connectivity index (χ3v) is 3.74. The van der Waals surface area contributed by atoms with Gasteiger partial charge < -0.3 is 10.2 Å². The molecule has 15 heavy (non-hydrogen) atoms. The fraction of sp³-hybridized carbons (Fsp3) is 1.00. The number of hydrogen-bond donors (Lipinski definition) is 1. The van der Waals surface area contributed by atoms with Gasteiger partial charge >= 0.3 is 0 Å². The van der Waals surface area contributed by atoms with Crippen LogP contribution in [0, 0.1) is 5.92 Å². The Bertz CT molecular complexity index is 170. The van der Waals surface area contributed by atoms with E-state index in [1.54, 1.807) is 0 Å². The molecule has 1 fully saturated rings. The largest absolute Gasteiger partial charge is 0.314 e. The number of likely N-dealkylation sites (tertiary alicyclic amines) is 1. The minimum Gasteiger partial charge on any atom is -0.314 e. The zero-order chi connectivity index (χ0) is 11.3. The minimum atomic E-state index is 0.748. The van der Waals surface area contributed by atoms with Gasteiger partial charge in [0.15, 0.2) is 0 Å². The van der Waals surface area contributed by atoms with Crippen molar-refractivity contribution in [3.63, 3.8) is 0 Å². The molecule has 0 radical (unpaired) electrons. The molecule has 2 nitrogen and oxygen atoms in total. The SMILES string of the molecule is CCCC(C)CNC1CCN(C)C(C)C1. The van der Waals surface area contributed by atoms with Crippen LogP contribution in [0.1, 0.15) is 46.5 Å². The molecule has 0 saturated carbocycles. The maximum atomic E-state index is 3.73. The summed E-state index contributed by atoms with van der Waals surface area (Å²) in [5.41, 5.74) is 0. The summed E-state index contributed by atoms with van der Waals surface area (Å²) in [5.74, 6) is 0.838. The molecule has 0 spiro atoms. The van der Waals surface area contributed by atoms with Crippen molar-refractivity contribution in [2.75, 3.05) is 20.1 Å². The molecule has 0 aromatic carbocycles. The molecule has 90 valence electrons. The van der Waals surface area contributed by atoms with Gasteiger partial charge in [-0.05, 0) is 52.2 Å². The molecule has 2 heteroatoms. The number of nitrogens with one attached hydrogen (secondary N) is 1. The number of nitrogens with zero attached hydrogens (tertiary/aromatic N) is 1. The van der Waals surface area contributed by atoms with Gasteiger partial charge in [-0.3, -0.25) is 0 Å². The van der Waals surface area contributed by atoms with E-state index in [-0.39, 0.29) is 0 Å². The highest BCUT2D eigenvalue weighted by molar-refractivity contribution is 4.81. The van der Waals surface area contributed by atoms with Gasteiger partial charge in [0, 0.05) is 12.1 Å². The first kappa shape index (κ1) is 13.0. The first-order chi connectivity index (χ1) is 7.13. The number of rotatable bonds is 5. The lowest BCUT2D eigenvalue weighted by atomic mass is 9.98. The zero-order valence-electron chi connectivity index (χ0n) is 10.9. The van der Waals surface area contributed by atoms with Gasteiger partial charge in [-0.1, -0.05) is 20.3 Å². The summed E-state index contributed by atoms with van der Waals surface area (Å²) in [6.45, 7) is 9.42. The second-order valence-electron chi connectivity index (χ2n) is 5.35. The minimum absolute atomic E-state index is 0.748. The van der Waals surface area contributed by atoms with Crippen LogP contribution in [-0.2, 0) is 0 Å². The third-order valence-electron chi connectivity index (χ3n) is 3.74. The van der Waals surface area contributed by atoms with Crippen LogP contribution in [0.4, 0.5) is 0 Å². The highest BCUT2D eigenvalue weighted by Gasteiger charge is 2.22. The predicted octanol–water partition coefficient (Wildman–Crippen LogP) is 2.49. The monoisotopic (exact) mass is 212 g/mol. The van der Waals surface area contributed by atoms with Crippen LogP contribution in [0.15, 0.2) is 0 Å². The van der Waals surface area contributed by atoms with Gasteiger partial charge in [0.1, 0.15) is 0 Å². The van der Waals surface area contributed by atoms with Crippen molar-refractivity contribution in [3.8, 4) is 0 Å². The molecule has 0 aliphatic carbocycles. The van der Waals surface area contributed by atoms with Crippen molar-refractivity contribution < 1.29 is 0 Å². The molecule has 1 heterocycles. The molecule has 0 aromatic heterocycles. The van der Waals surface area contributed by atoms with Crippen molar-refractivity contribution in [2.45, 2.75) is 58.5 Å². The van der Waals surface area contributed by atoms with Crippen LogP contribution >= 0.6 is 0 Å². The van der Waals surface area contributed by atoms with Crippen molar-refractivity contribution in [1.29, 1.82) is 0 Å². The molecule has 1 aliphatic heterocycles. The van der Waals surface area contributed by atoms with Crippen molar-refractivity contribution in [1.82, 2.24) is 10.2 Å². The summed E-state index contributed by atoms with van der Waals surface area (Å²) in [5, 5.41) is 3.73. The van der Waals surface area contributed by atoms with E-state index in [0.717, 1.165) is 18.0 Å². The lowest BCUT2D eigenvalue weighted by Crippen LogP contribution is -2.46. The average molecular weight is 212 g/mol. The van der Waals surface area contributed by atoms with Crippen molar-refractivity contribution in [2.24, 2.45) is 5.92 Å². The maximum absolute atomic E-state index is 3.73. The van der Waals surface area contributed by atoms with E-state index in [4.69, 9.17) is 0 Å². The fourth-order valence-electron chi connectivity index (χ4n) is 2.44. The summed E-state index contributed by atoms with van der Waals surface area (Å²) in [6.07, 6.45) is 5.30. The molecule has 1 rings (SSSR count). The van der Waals surface area contributed by atoms with Crippen molar-refractivity contribution >= 4 is 0 Å². The van der Waals surface area contributed by atoms with Crippen LogP contribution in [-0.4, -0.2) is 37.1 Å². The Morgan fingerprint density at radius 3 is 2.80 bits per heavy atom. The van der Waals surface area contributed by atoms with Gasteiger partial charge in [-0.15, -0.1) is 0 Å². The fourth-order valence-corrected chi connectivity index (χ4v) is 2.44. The highest BCUT2D eigenvalue weighted by atomic mass is 15.1. The first-order valence-corrected chi connectivity index (χ1v) is 6.57. The quantitative estimate of drug-likeness (QED) is 0.753. The Kier molecular flexibility index (Phi) is 5.62. The van der Waals surface area contributed by atoms with E-state index >= 15 is 0 Å². The van der Waals surface area contributed by atoms with Gasteiger partial charge in [-0.25, -0.2) is 0 Å². The van der Waals surface area contributed by atoms with Crippen LogP contribution in [0.5, 0.6) is 0 Å². The molecule has 3 atom stereocenters. The third kappa shape index (κ3) is 4.52. The Balaban J connectivity index is 2.16. The molecule has 1 N–H and O–H groups in total. The lowest BCUT2D eigenvalue weighted by molar-refractivity contribution is 0.166. The topological polar surface area (TPSA) is 15.3 Å². The van der Waals surface area contributed by atoms with Gasteiger partial charge in [0.05, 0.1) is 0 Å². The van der Waals surface area contributed by atoms with Crippen LogP contribution in [0.2, 0.25) is 0 Å². The van der Waals surface area contributed by atoms with E-state index < -0.39 is 0 Å². The van der Waals surface area contributed by atoms with E-state index in [0.29, 0.717) is 0 Å². The second kappa shape index (κ2) is 6.49. The molecule has 1 saturated heterocycles. The summed E-state index contributed by atoms with van der Waals surface area (Å²) >= 11 is 0. The highest BCUT2D eigenvalue weighted by Crippen LogP contribution is 2.15. The van der Waals surface area contributed by atoms with Crippen LogP contribution < -0.4 is 5.32 Å². The Morgan fingerprint density at radius 2 is 2.20 bits per heavy atom. The number of hydrogen-bond acceptors (Lipinski definition) is 2. The number of piperidine rings is 1. The molecular formula is C13H28N2. The molecule has 1 aliphatic rings. The molecular weight excluding hydrogens is 184 g/mol. The standard InChI is InChI=1S/C13H28N2/c1-5-6-11(2)10-14-13-7-8-15(4)12(3)9-13/h11-14H,5-10H2,1-4H3. The first-order valence-electron chi connectivity index (χ1n) is 6.57. The van der Waals surface area contributed by atoms with Crippen LogP contribution in [0.3, 0.4) is 0 Å². The Morgan fingerprint density at radius 1 is 1.47 bits per heavy atom. The predicted molar refractivity (Wildman–Crippen MR) is 67.2 cm³/mol. The average Bonchev–Trinajstić information content (AvgIpc) is 2.20. The van der Waals surface area contributed by atoms with E-state index in [1.165, 1.54) is 38.8 Å². The Hall–Kier alpha value is -0.0800. The Labute approximate surface area is 95.4 Å². The normalized spacial score (nSPS) is 30.4. The maximum Gasteiger partial charge on any atom is 0.00941 e. The lowest BCUT2D eigenvalue weighted by Gasteiger charge is -2.35. The smallest absolute Gasteiger partial charge is 0.00941 e. The molecule has 3 unspecified atom stereocenters. The van der Waals surface area contributed by atoms with Gasteiger partial charge in [0.2, 0.25) is 0 Å². The van der Waals surface area contributed by atoms with E-state index in [2.05, 4.69) is 38.0 Å². The summed E-state index contributed by atoms with van der Waals surface area (Å²) in [6, 6.07) is 1.51. The van der Waals surface area contributed by atoms with Crippen molar-refractivity contribution in [3.05, 3.63) is 0 Å². The van der Waals surface area contributed by atoms with Gasteiger partial charge in [-0.2, -0.15) is 0 Å². The van der Waals surface area contributed by atoms with E-state index in [9.17, 15) is 0 Å². The van der Waals surface area contributed by atoms with E-state index in [1.807, 2.05) is 0 Å². The van der Waals surface area contributed by atoms with Crippen LogP contribution in [0.25, 0.3) is 0 Å². The molecule has 0 amide bonds. The summed E-state index contributed by atoms with van der Waals surface area (Å²) in [4.78, 5) is 2.47. The zero-order valence-corrected chi connectivity index (χ0v) is 10.9. The summed E-state index contributed by atoms with van der Waals surface area (Å²) in [7, 11) is 2.24. The molecule has 0 aromatic rings.